The fourth-order valence-corrected chi connectivity index (χ4v) is 5.91. The summed E-state index contributed by atoms with van der Waals surface area (Å²) in [5.74, 6) is 1.16. The van der Waals surface area contributed by atoms with E-state index in [1.165, 1.54) is 27.1 Å². The fourth-order valence-electron chi connectivity index (χ4n) is 5.91. The lowest BCUT2D eigenvalue weighted by molar-refractivity contribution is -0.140. The van der Waals surface area contributed by atoms with Gasteiger partial charge in [0, 0.05) is 42.8 Å². The molecule has 1 aromatic heterocycles. The molecule has 4 atom stereocenters. The Morgan fingerprint density at radius 2 is 1.82 bits per heavy atom. The van der Waals surface area contributed by atoms with Crippen LogP contribution in [-0.4, -0.2) is 53.8 Å². The van der Waals surface area contributed by atoms with E-state index in [0.29, 0.717) is 19.5 Å². The molecule has 7 nitrogen and oxygen atoms in total. The van der Waals surface area contributed by atoms with Crippen LogP contribution in [0, 0.1) is 30.6 Å². The van der Waals surface area contributed by atoms with Crippen molar-refractivity contribution in [2.75, 3.05) is 26.2 Å². The maximum absolute atomic E-state index is 12.8. The van der Waals surface area contributed by atoms with Gasteiger partial charge in [0.1, 0.15) is 0 Å². The Morgan fingerprint density at radius 1 is 1.12 bits per heavy atom. The minimum absolute atomic E-state index is 0. The Bertz CT molecular complexity index is 1090. The van der Waals surface area contributed by atoms with Crippen molar-refractivity contribution in [2.24, 2.45) is 28.7 Å². The summed E-state index contributed by atoms with van der Waals surface area (Å²) in [6.45, 7) is 6.74. The quantitative estimate of drug-likeness (QED) is 0.113. The number of halogens is 1. The molecule has 1 aromatic carbocycles. The van der Waals surface area contributed by atoms with Gasteiger partial charge < -0.3 is 15.6 Å². The summed E-state index contributed by atoms with van der Waals surface area (Å²) < 4.78 is 0. The van der Waals surface area contributed by atoms with Gasteiger partial charge in [0.25, 0.3) is 0 Å². The zero-order chi connectivity index (χ0) is 22.9. The number of aliphatic imine (C=N–C) groups is 1. The monoisotopic (exact) mass is 575 g/mol. The van der Waals surface area contributed by atoms with Gasteiger partial charge in [-0.2, -0.15) is 0 Å². The maximum Gasteiger partial charge on any atom is 0.233 e. The maximum atomic E-state index is 12.8. The summed E-state index contributed by atoms with van der Waals surface area (Å²) in [5, 5.41) is 7.98. The van der Waals surface area contributed by atoms with E-state index in [4.69, 9.17) is 0 Å². The van der Waals surface area contributed by atoms with E-state index in [0.717, 1.165) is 31.9 Å². The normalized spacial score (nSPS) is 25.2. The smallest absolute Gasteiger partial charge is 0.233 e. The number of nitrogens with one attached hydrogen (secondary N) is 3. The van der Waals surface area contributed by atoms with Crippen molar-refractivity contribution in [3.05, 3.63) is 47.7 Å². The highest BCUT2D eigenvalue weighted by atomic mass is 127. The molecule has 1 aliphatic heterocycles. The first-order chi connectivity index (χ1) is 16.1. The zero-order valence-corrected chi connectivity index (χ0v) is 22.2. The highest BCUT2D eigenvalue weighted by Crippen LogP contribution is 2.52. The number of hydrogen-bond donors (Lipinski definition) is 3. The highest BCUT2D eigenvalue weighted by Gasteiger charge is 2.58. The number of hydrogen-bond acceptors (Lipinski definition) is 3. The number of aromatic amines is 1. The highest BCUT2D eigenvalue weighted by molar-refractivity contribution is 14.0. The minimum atomic E-state index is -0.108. The van der Waals surface area contributed by atoms with Crippen LogP contribution in [0.1, 0.15) is 31.0 Å². The molecular weight excluding hydrogens is 541 g/mol. The van der Waals surface area contributed by atoms with Gasteiger partial charge in [0.15, 0.2) is 5.96 Å². The molecule has 2 aliphatic carbocycles. The van der Waals surface area contributed by atoms with Crippen LogP contribution >= 0.6 is 24.0 Å². The van der Waals surface area contributed by atoms with E-state index >= 15 is 0 Å². The molecule has 4 unspecified atom stereocenters. The first-order valence-corrected chi connectivity index (χ1v) is 12.2. The molecular formula is C26H34IN5O2. The number of benzene rings is 1. The van der Waals surface area contributed by atoms with Crippen molar-refractivity contribution in [1.82, 2.24) is 20.5 Å². The molecule has 2 bridgehead atoms. The van der Waals surface area contributed by atoms with E-state index in [-0.39, 0.29) is 59.5 Å². The molecule has 2 aromatic rings. The van der Waals surface area contributed by atoms with Crippen LogP contribution in [0.25, 0.3) is 10.9 Å². The largest absolute Gasteiger partial charge is 0.358 e. The van der Waals surface area contributed by atoms with E-state index < -0.39 is 0 Å². The second kappa shape index (κ2) is 10.5. The number of rotatable bonds is 8. The van der Waals surface area contributed by atoms with Crippen molar-refractivity contribution in [1.29, 1.82) is 0 Å². The van der Waals surface area contributed by atoms with Crippen molar-refractivity contribution in [3.8, 4) is 0 Å². The first-order valence-electron chi connectivity index (χ1n) is 12.2. The number of allylic oxidation sites excluding steroid dienone is 2. The van der Waals surface area contributed by atoms with Crippen LogP contribution in [0.15, 0.2) is 41.4 Å². The summed E-state index contributed by atoms with van der Waals surface area (Å²) in [4.78, 5) is 35.2. The van der Waals surface area contributed by atoms with Gasteiger partial charge in [0.2, 0.25) is 11.8 Å². The number of fused-ring (bicyclic) bond motifs is 6. The summed E-state index contributed by atoms with van der Waals surface area (Å²) >= 11 is 0. The first kappa shape index (κ1) is 24.8. The van der Waals surface area contributed by atoms with Gasteiger partial charge in [-0.1, -0.05) is 30.4 Å². The molecule has 8 heteroatoms. The number of aryl methyl sites for hydroxylation is 1. The van der Waals surface area contributed by atoms with Crippen molar-refractivity contribution in [3.63, 3.8) is 0 Å². The Hall–Kier alpha value is -2.36. The minimum Gasteiger partial charge on any atom is -0.358 e. The molecule has 1 saturated carbocycles. The van der Waals surface area contributed by atoms with Crippen LogP contribution in [0.3, 0.4) is 0 Å². The number of likely N-dealkylation sites (tertiary alicyclic amines) is 1. The molecule has 2 fully saturated rings. The number of amides is 2. The van der Waals surface area contributed by atoms with Gasteiger partial charge >= 0.3 is 0 Å². The summed E-state index contributed by atoms with van der Waals surface area (Å²) in [6, 6.07) is 8.38. The van der Waals surface area contributed by atoms with Crippen molar-refractivity contribution in [2.45, 2.75) is 33.1 Å². The summed E-state index contributed by atoms with van der Waals surface area (Å²) in [6.07, 6.45) is 6.82. The average molecular weight is 575 g/mol. The van der Waals surface area contributed by atoms with Crippen molar-refractivity contribution < 1.29 is 9.59 Å². The lowest BCUT2D eigenvalue weighted by atomic mass is 9.85. The third-order valence-electron chi connectivity index (χ3n) is 7.41. The number of guanidine groups is 1. The predicted molar refractivity (Wildman–Crippen MR) is 145 cm³/mol. The van der Waals surface area contributed by atoms with Gasteiger partial charge in [-0.15, -0.1) is 24.0 Å². The molecule has 1 saturated heterocycles. The Labute approximate surface area is 217 Å². The van der Waals surface area contributed by atoms with Crippen LogP contribution in [-0.2, 0) is 16.0 Å². The average Bonchev–Trinajstić information content (AvgIpc) is 3.55. The van der Waals surface area contributed by atoms with Gasteiger partial charge in [0.05, 0.1) is 11.8 Å². The Morgan fingerprint density at radius 3 is 2.53 bits per heavy atom. The van der Waals surface area contributed by atoms with Gasteiger partial charge in [-0.25, -0.2) is 0 Å². The molecule has 2 amide bonds. The number of carbonyl (C=O) groups is 2. The molecule has 34 heavy (non-hydrogen) atoms. The third kappa shape index (κ3) is 4.48. The number of nitrogens with zero attached hydrogens (tertiary/aromatic N) is 2. The molecule has 0 radical (unpaired) electrons. The number of para-hydroxylation sites is 1. The SMILES string of the molecule is CCNC(=NCCCN1C(=O)C2C3C=CC(C3)C2C1=O)NCCc1c(C)[nH]c2ccccc12.I. The van der Waals surface area contributed by atoms with Gasteiger partial charge in [-0.3, -0.25) is 19.5 Å². The summed E-state index contributed by atoms with van der Waals surface area (Å²) in [5.41, 5.74) is 3.70. The number of aromatic nitrogens is 1. The molecule has 0 spiro atoms. The summed E-state index contributed by atoms with van der Waals surface area (Å²) in [7, 11) is 0. The fraction of sp³-hybridized carbons (Fsp3) is 0.500. The molecule has 3 N–H and O–H groups in total. The van der Waals surface area contributed by atoms with E-state index in [1.807, 2.05) is 13.0 Å². The standard InChI is InChI=1S/C26H33N5O2.HI/c1-3-27-26(29-13-11-19-16(2)30-21-8-5-4-7-20(19)21)28-12-6-14-31-24(32)22-17-9-10-18(15-17)23(22)25(31)33;/h4-5,7-10,17-18,22-23,30H,3,6,11-15H2,1-2H3,(H2,27,28,29);1H. The molecule has 5 rings (SSSR count). The molecule has 3 aliphatic rings. The van der Waals surface area contributed by atoms with Crippen LogP contribution in [0.4, 0.5) is 0 Å². The van der Waals surface area contributed by atoms with Crippen molar-refractivity contribution >= 4 is 52.7 Å². The Kier molecular flexibility index (Phi) is 7.64. The van der Waals surface area contributed by atoms with E-state index in [2.05, 4.69) is 57.9 Å². The van der Waals surface area contributed by atoms with Crippen LogP contribution in [0.5, 0.6) is 0 Å². The van der Waals surface area contributed by atoms with Crippen LogP contribution in [0.2, 0.25) is 0 Å². The number of carbonyl (C=O) groups excluding carboxylic acids is 2. The van der Waals surface area contributed by atoms with E-state index in [9.17, 15) is 9.59 Å². The lowest BCUT2D eigenvalue weighted by Crippen LogP contribution is -2.38. The van der Waals surface area contributed by atoms with E-state index in [1.54, 1.807) is 0 Å². The second-order valence-electron chi connectivity index (χ2n) is 9.39. The topological polar surface area (TPSA) is 89.6 Å². The van der Waals surface area contributed by atoms with Gasteiger partial charge in [-0.05, 0) is 56.6 Å². The number of imide groups is 1. The second-order valence-corrected chi connectivity index (χ2v) is 9.39. The third-order valence-corrected chi connectivity index (χ3v) is 7.41. The Balaban J connectivity index is 0.00000274. The molecule has 2 heterocycles. The zero-order valence-electron chi connectivity index (χ0n) is 19.8. The predicted octanol–water partition coefficient (Wildman–Crippen LogP) is 3.39. The lowest BCUT2D eigenvalue weighted by Gasteiger charge is -2.17. The van der Waals surface area contributed by atoms with Crippen LogP contribution < -0.4 is 10.6 Å². The molecule has 182 valence electrons. The number of H-pyrrole nitrogens is 1.